The Bertz CT molecular complexity index is 1430. The van der Waals surface area contributed by atoms with Gasteiger partial charge in [0.1, 0.15) is 17.3 Å². The number of hydrogen-bond donors (Lipinski definition) is 1. The Balaban J connectivity index is 1.59. The zero-order valence-electron chi connectivity index (χ0n) is 18.6. The van der Waals surface area contributed by atoms with Crippen molar-refractivity contribution in [2.45, 2.75) is 38.7 Å². The minimum absolute atomic E-state index is 0.147. The number of fused-ring (bicyclic) bond motifs is 3. The van der Waals surface area contributed by atoms with E-state index in [1.807, 2.05) is 30.3 Å². The first-order chi connectivity index (χ1) is 16.5. The van der Waals surface area contributed by atoms with Gasteiger partial charge in [-0.1, -0.05) is 36.8 Å². The molecule has 0 radical (unpaired) electrons. The number of aromatic amines is 1. The molecule has 0 amide bonds. The fourth-order valence-electron chi connectivity index (χ4n) is 4.37. The molecule has 0 saturated heterocycles. The maximum Gasteiger partial charge on any atom is 0.284 e. The van der Waals surface area contributed by atoms with Crippen molar-refractivity contribution in [1.29, 1.82) is 0 Å². The molecule has 2 aromatic carbocycles. The van der Waals surface area contributed by atoms with Gasteiger partial charge in [0.05, 0.1) is 29.0 Å². The van der Waals surface area contributed by atoms with Crippen molar-refractivity contribution in [3.05, 3.63) is 78.9 Å². The predicted octanol–water partition coefficient (Wildman–Crippen LogP) is 5.42. The summed E-state index contributed by atoms with van der Waals surface area (Å²) in [6.45, 7) is 0.232. The zero-order chi connectivity index (χ0) is 23.7. The van der Waals surface area contributed by atoms with Crippen LogP contribution in [-0.4, -0.2) is 22.0 Å². The van der Waals surface area contributed by atoms with Gasteiger partial charge in [-0.3, -0.25) is 14.9 Å². The summed E-state index contributed by atoms with van der Waals surface area (Å²) in [4.78, 5) is 33.8. The summed E-state index contributed by atoms with van der Waals surface area (Å²) in [5.74, 6) is 0.711. The quantitative estimate of drug-likeness (QED) is 0.226. The number of aryl methyl sites for hydroxylation is 2. The summed E-state index contributed by atoms with van der Waals surface area (Å²) in [7, 11) is 1.47. The molecular formula is C25H23N3O5S. The van der Waals surface area contributed by atoms with Crippen molar-refractivity contribution < 1.29 is 14.4 Å². The molecule has 0 saturated carbocycles. The van der Waals surface area contributed by atoms with Crippen LogP contribution in [0.5, 0.6) is 11.5 Å². The molecule has 1 aliphatic rings. The van der Waals surface area contributed by atoms with Crippen LogP contribution in [-0.2, 0) is 19.4 Å². The fourth-order valence-corrected chi connectivity index (χ4v) is 5.63. The van der Waals surface area contributed by atoms with Gasteiger partial charge >= 0.3 is 0 Å². The Morgan fingerprint density at radius 1 is 1.12 bits per heavy atom. The molecule has 1 aliphatic carbocycles. The summed E-state index contributed by atoms with van der Waals surface area (Å²) in [5.41, 5.74) is 1.69. The molecule has 0 aliphatic heterocycles. The smallest absolute Gasteiger partial charge is 0.284 e. The Morgan fingerprint density at radius 3 is 2.68 bits per heavy atom. The van der Waals surface area contributed by atoms with Gasteiger partial charge in [0, 0.05) is 10.9 Å². The van der Waals surface area contributed by atoms with Crippen LogP contribution in [0.1, 0.15) is 35.3 Å². The van der Waals surface area contributed by atoms with E-state index in [4.69, 9.17) is 9.47 Å². The maximum atomic E-state index is 13.1. The van der Waals surface area contributed by atoms with Gasteiger partial charge in [-0.05, 0) is 36.8 Å². The number of nitrogens with zero attached hydrogens (tertiary/aromatic N) is 2. The largest absolute Gasteiger partial charge is 0.493 e. The highest BCUT2D eigenvalue weighted by Gasteiger charge is 2.25. The van der Waals surface area contributed by atoms with E-state index in [0.29, 0.717) is 16.0 Å². The van der Waals surface area contributed by atoms with Crippen LogP contribution in [0.25, 0.3) is 21.6 Å². The molecule has 5 rings (SSSR count). The number of thiophene rings is 1. The third-order valence-electron chi connectivity index (χ3n) is 6.05. The summed E-state index contributed by atoms with van der Waals surface area (Å²) in [6.07, 6.45) is 5.09. The summed E-state index contributed by atoms with van der Waals surface area (Å²) < 4.78 is 11.3. The number of nitrogens with one attached hydrogen (secondary N) is 1. The van der Waals surface area contributed by atoms with Crippen LogP contribution in [0.3, 0.4) is 0 Å². The SMILES string of the molecule is COc1cc(-c2nc3sc4c(c3c(=O)[nH]2)CCCCC4)c([N+](=O)[O-])cc1OCc1ccccc1. The minimum atomic E-state index is -0.502. The average Bonchev–Trinajstić information content (AvgIpc) is 3.04. The van der Waals surface area contributed by atoms with Crippen molar-refractivity contribution in [1.82, 2.24) is 9.97 Å². The van der Waals surface area contributed by atoms with Gasteiger partial charge in [0.25, 0.3) is 11.2 Å². The summed E-state index contributed by atoms with van der Waals surface area (Å²) in [5, 5.41) is 12.6. The Morgan fingerprint density at radius 2 is 1.91 bits per heavy atom. The van der Waals surface area contributed by atoms with Gasteiger partial charge in [0.15, 0.2) is 11.5 Å². The van der Waals surface area contributed by atoms with Crippen LogP contribution < -0.4 is 15.0 Å². The van der Waals surface area contributed by atoms with Crippen LogP contribution in [0, 0.1) is 10.1 Å². The lowest BCUT2D eigenvalue weighted by Crippen LogP contribution is -2.11. The Labute approximate surface area is 199 Å². The molecule has 4 aromatic rings. The Hall–Kier alpha value is -3.72. The van der Waals surface area contributed by atoms with Crippen molar-refractivity contribution in [3.63, 3.8) is 0 Å². The molecule has 34 heavy (non-hydrogen) atoms. The molecule has 0 bridgehead atoms. The predicted molar refractivity (Wildman–Crippen MR) is 131 cm³/mol. The van der Waals surface area contributed by atoms with Crippen LogP contribution in [0.4, 0.5) is 5.69 Å². The lowest BCUT2D eigenvalue weighted by atomic mass is 10.1. The highest BCUT2D eigenvalue weighted by molar-refractivity contribution is 7.18. The van der Waals surface area contributed by atoms with Gasteiger partial charge in [0.2, 0.25) is 0 Å². The number of methoxy groups -OCH3 is 1. The van der Waals surface area contributed by atoms with E-state index in [2.05, 4.69) is 9.97 Å². The second kappa shape index (κ2) is 9.26. The maximum absolute atomic E-state index is 13.1. The van der Waals surface area contributed by atoms with Crippen molar-refractivity contribution >= 4 is 27.2 Å². The normalized spacial score (nSPS) is 13.3. The van der Waals surface area contributed by atoms with Crippen molar-refractivity contribution in [2.75, 3.05) is 7.11 Å². The van der Waals surface area contributed by atoms with E-state index < -0.39 is 4.92 Å². The van der Waals surface area contributed by atoms with E-state index in [-0.39, 0.29) is 35.0 Å². The number of rotatable bonds is 6. The van der Waals surface area contributed by atoms with E-state index in [1.54, 1.807) is 0 Å². The number of ether oxygens (including phenoxy) is 2. The van der Waals surface area contributed by atoms with E-state index in [9.17, 15) is 14.9 Å². The Kier molecular flexibility index (Phi) is 6.02. The topological polar surface area (TPSA) is 107 Å². The first-order valence-electron chi connectivity index (χ1n) is 11.1. The van der Waals surface area contributed by atoms with Gasteiger partial charge in [-0.25, -0.2) is 4.98 Å². The monoisotopic (exact) mass is 477 g/mol. The number of hydrogen-bond acceptors (Lipinski definition) is 7. The molecule has 8 nitrogen and oxygen atoms in total. The number of nitro groups is 1. The molecule has 174 valence electrons. The number of nitro benzene ring substituents is 1. The summed E-state index contributed by atoms with van der Waals surface area (Å²) >= 11 is 1.51. The van der Waals surface area contributed by atoms with Gasteiger partial charge in [-0.2, -0.15) is 0 Å². The molecule has 1 N–H and O–H groups in total. The van der Waals surface area contributed by atoms with Crippen LogP contribution in [0.15, 0.2) is 47.3 Å². The highest BCUT2D eigenvalue weighted by atomic mass is 32.1. The van der Waals surface area contributed by atoms with E-state index >= 15 is 0 Å². The molecular weight excluding hydrogens is 454 g/mol. The molecule has 0 unspecified atom stereocenters. The summed E-state index contributed by atoms with van der Waals surface area (Å²) in [6, 6.07) is 12.3. The van der Waals surface area contributed by atoms with Gasteiger partial charge in [-0.15, -0.1) is 11.3 Å². The van der Waals surface area contributed by atoms with Gasteiger partial charge < -0.3 is 14.5 Å². The standard InChI is InChI=1S/C25H23N3O5S/c1-32-19-12-17(18(28(30)31)13-20(19)33-14-15-8-4-2-5-9-15)23-26-24(29)22-16-10-6-3-7-11-21(16)34-25(22)27-23/h2,4-5,8-9,12-13H,3,6-7,10-11,14H2,1H3,(H,26,27,29). The highest BCUT2D eigenvalue weighted by Crippen LogP contribution is 2.40. The third kappa shape index (κ3) is 4.14. The van der Waals surface area contributed by atoms with Crippen molar-refractivity contribution in [3.8, 4) is 22.9 Å². The van der Waals surface area contributed by atoms with E-state index in [0.717, 1.165) is 43.2 Å². The number of H-pyrrole nitrogens is 1. The fraction of sp³-hybridized carbons (Fsp3) is 0.280. The number of aromatic nitrogens is 2. The minimum Gasteiger partial charge on any atom is -0.493 e. The molecule has 0 atom stereocenters. The second-order valence-corrected chi connectivity index (χ2v) is 9.29. The first kappa shape index (κ1) is 22.1. The first-order valence-corrected chi connectivity index (χ1v) is 11.9. The zero-order valence-corrected chi connectivity index (χ0v) is 19.4. The molecule has 9 heteroatoms. The van der Waals surface area contributed by atoms with Crippen LogP contribution in [0.2, 0.25) is 0 Å². The molecule has 2 heterocycles. The third-order valence-corrected chi connectivity index (χ3v) is 7.23. The number of benzene rings is 2. The second-order valence-electron chi connectivity index (χ2n) is 8.21. The molecule has 0 fully saturated rings. The molecule has 0 spiro atoms. The lowest BCUT2D eigenvalue weighted by molar-refractivity contribution is -0.384. The lowest BCUT2D eigenvalue weighted by Gasteiger charge is -2.13. The van der Waals surface area contributed by atoms with Crippen molar-refractivity contribution in [2.24, 2.45) is 0 Å². The van der Waals surface area contributed by atoms with E-state index in [1.165, 1.54) is 35.5 Å². The molecule has 2 aromatic heterocycles. The van der Waals surface area contributed by atoms with Crippen LogP contribution >= 0.6 is 11.3 Å². The average molecular weight is 478 g/mol.